The van der Waals surface area contributed by atoms with Crippen LogP contribution in [-0.4, -0.2) is 26.5 Å². The number of nitrogens with zero attached hydrogens (tertiary/aromatic N) is 2. The maximum Gasteiger partial charge on any atom is 0.349 e. The molecule has 162 valence electrons. The number of halogens is 2. The van der Waals surface area contributed by atoms with Gasteiger partial charge in [0.05, 0.1) is 10.9 Å². The van der Waals surface area contributed by atoms with Crippen molar-refractivity contribution < 1.29 is 14.7 Å². The Hall–Kier alpha value is -3.42. The molecule has 2 heterocycles. The fourth-order valence-corrected chi connectivity index (χ4v) is 3.79. The van der Waals surface area contributed by atoms with Crippen LogP contribution in [0.2, 0.25) is 0 Å². The number of hydrogen-bond donors (Lipinski definition) is 2. The number of aryl methyl sites for hydroxylation is 1. The molecule has 0 aliphatic carbocycles. The number of fused-ring (bicyclic) bond motifs is 2. The third-order valence-corrected chi connectivity index (χ3v) is 5.88. The molecule has 3 aromatic rings. The largest absolute Gasteiger partial charge is 0.477 e. The predicted molar refractivity (Wildman–Crippen MR) is 125 cm³/mol. The van der Waals surface area contributed by atoms with Crippen molar-refractivity contribution in [3.63, 3.8) is 0 Å². The van der Waals surface area contributed by atoms with Crippen molar-refractivity contribution in [2.45, 2.75) is 19.9 Å². The highest BCUT2D eigenvalue weighted by atomic mass is 35.5. The third-order valence-electron chi connectivity index (χ3n) is 5.07. The Kier molecular flexibility index (Phi) is 5.86. The SMILES string of the molecule is Cc1cccc(/C=C2\CCn3c2nc2cc(NC(=O)/C(Cl)=C(/Cl)C(=O)O)ccc2c3=O)c1. The summed E-state index contributed by atoms with van der Waals surface area (Å²) in [7, 11) is 0. The molecule has 0 saturated carbocycles. The zero-order chi connectivity index (χ0) is 23.0. The van der Waals surface area contributed by atoms with E-state index in [1.807, 2.05) is 31.2 Å². The van der Waals surface area contributed by atoms with Gasteiger partial charge < -0.3 is 10.4 Å². The molecule has 1 aromatic heterocycles. The van der Waals surface area contributed by atoms with E-state index in [4.69, 9.17) is 28.3 Å². The molecule has 4 rings (SSSR count). The van der Waals surface area contributed by atoms with Gasteiger partial charge in [0.1, 0.15) is 15.9 Å². The van der Waals surface area contributed by atoms with E-state index in [0.29, 0.717) is 35.4 Å². The summed E-state index contributed by atoms with van der Waals surface area (Å²) < 4.78 is 1.65. The number of carboxylic acid groups (broad SMARTS) is 1. The molecule has 2 N–H and O–H groups in total. The molecular formula is C23H17Cl2N3O4. The lowest BCUT2D eigenvalue weighted by Crippen LogP contribution is -2.21. The van der Waals surface area contributed by atoms with Crippen LogP contribution >= 0.6 is 23.2 Å². The van der Waals surface area contributed by atoms with Gasteiger partial charge in [-0.3, -0.25) is 14.2 Å². The number of benzene rings is 2. The average molecular weight is 470 g/mol. The van der Waals surface area contributed by atoms with Crippen LogP contribution in [0.5, 0.6) is 0 Å². The Morgan fingerprint density at radius 2 is 1.94 bits per heavy atom. The lowest BCUT2D eigenvalue weighted by molar-refractivity contribution is -0.132. The van der Waals surface area contributed by atoms with Gasteiger partial charge in [0, 0.05) is 12.2 Å². The first-order valence-electron chi connectivity index (χ1n) is 9.66. The monoisotopic (exact) mass is 469 g/mol. The highest BCUT2D eigenvalue weighted by Crippen LogP contribution is 2.28. The topological polar surface area (TPSA) is 101 Å². The summed E-state index contributed by atoms with van der Waals surface area (Å²) in [4.78, 5) is 40.7. The van der Waals surface area contributed by atoms with Gasteiger partial charge in [-0.05, 0) is 48.8 Å². The molecule has 7 nitrogen and oxygen atoms in total. The standard InChI is InChI=1S/C23H17Cl2N3O4/c1-12-3-2-4-13(9-12)10-14-7-8-28-20(14)27-17-11-15(5-6-16(17)22(28)30)26-21(29)18(24)19(25)23(31)32/h2-6,9-11H,7-8H2,1H3,(H,26,29)(H,31,32)/b14-10+,19-18-. The van der Waals surface area contributed by atoms with Crippen LogP contribution in [0.3, 0.4) is 0 Å². The second-order valence-electron chi connectivity index (χ2n) is 7.35. The van der Waals surface area contributed by atoms with Gasteiger partial charge in [-0.15, -0.1) is 0 Å². The van der Waals surface area contributed by atoms with Crippen LogP contribution in [0.25, 0.3) is 22.6 Å². The molecule has 0 unspecified atom stereocenters. The minimum Gasteiger partial charge on any atom is -0.477 e. The molecular weight excluding hydrogens is 453 g/mol. The van der Waals surface area contributed by atoms with Gasteiger partial charge in [0.25, 0.3) is 11.5 Å². The van der Waals surface area contributed by atoms with Crippen LogP contribution in [0.4, 0.5) is 5.69 Å². The highest BCUT2D eigenvalue weighted by molar-refractivity contribution is 6.54. The highest BCUT2D eigenvalue weighted by Gasteiger charge is 2.22. The summed E-state index contributed by atoms with van der Waals surface area (Å²) in [5.41, 5.74) is 3.65. The molecule has 32 heavy (non-hydrogen) atoms. The van der Waals surface area contributed by atoms with Crippen LogP contribution in [0.1, 0.15) is 23.4 Å². The minimum atomic E-state index is -1.51. The first-order valence-corrected chi connectivity index (χ1v) is 10.4. The van der Waals surface area contributed by atoms with Crippen LogP contribution in [0.15, 0.2) is 57.3 Å². The van der Waals surface area contributed by atoms with Gasteiger partial charge in [-0.25, -0.2) is 9.78 Å². The Balaban J connectivity index is 1.73. The molecule has 1 aliphatic heterocycles. The van der Waals surface area contributed by atoms with Crippen LogP contribution in [0, 0.1) is 6.92 Å². The Labute approximate surface area is 192 Å². The number of aromatic nitrogens is 2. The van der Waals surface area contributed by atoms with E-state index in [1.54, 1.807) is 10.6 Å². The maximum absolute atomic E-state index is 13.0. The lowest BCUT2D eigenvalue weighted by atomic mass is 10.1. The normalized spacial score (nSPS) is 14.9. The average Bonchev–Trinajstić information content (AvgIpc) is 3.15. The number of carbonyl (C=O) groups excluding carboxylic acids is 1. The van der Waals surface area contributed by atoms with E-state index in [9.17, 15) is 14.4 Å². The van der Waals surface area contributed by atoms with Gasteiger partial charge in [0.15, 0.2) is 0 Å². The van der Waals surface area contributed by atoms with Crippen molar-refractivity contribution in [1.29, 1.82) is 0 Å². The fraction of sp³-hybridized carbons (Fsp3) is 0.130. The summed E-state index contributed by atoms with van der Waals surface area (Å²) in [6.45, 7) is 2.56. The minimum absolute atomic E-state index is 0.164. The molecule has 1 aliphatic rings. The summed E-state index contributed by atoms with van der Waals surface area (Å²) in [5.74, 6) is -1.81. The predicted octanol–water partition coefficient (Wildman–Crippen LogP) is 4.36. The van der Waals surface area contributed by atoms with Crippen molar-refractivity contribution in [3.05, 3.63) is 79.8 Å². The van der Waals surface area contributed by atoms with Crippen molar-refractivity contribution in [1.82, 2.24) is 9.55 Å². The molecule has 9 heteroatoms. The first kappa shape index (κ1) is 21.8. The number of aliphatic carboxylic acids is 1. The zero-order valence-electron chi connectivity index (χ0n) is 16.9. The summed E-state index contributed by atoms with van der Waals surface area (Å²) >= 11 is 11.3. The van der Waals surface area contributed by atoms with E-state index >= 15 is 0 Å². The molecule has 0 fully saturated rings. The van der Waals surface area contributed by atoms with Gasteiger partial charge in [0.2, 0.25) is 0 Å². The molecule has 1 amide bonds. The molecule has 0 bridgehead atoms. The number of hydrogen-bond acceptors (Lipinski definition) is 4. The lowest BCUT2D eigenvalue weighted by Gasteiger charge is -2.09. The molecule has 0 radical (unpaired) electrons. The van der Waals surface area contributed by atoms with Crippen molar-refractivity contribution in [2.24, 2.45) is 0 Å². The number of carbonyl (C=O) groups is 2. The smallest absolute Gasteiger partial charge is 0.349 e. The summed E-state index contributed by atoms with van der Waals surface area (Å²) in [6.07, 6.45) is 2.71. The number of carboxylic acids is 1. The van der Waals surface area contributed by atoms with Gasteiger partial charge in [-0.2, -0.15) is 0 Å². The van der Waals surface area contributed by atoms with Gasteiger partial charge in [-0.1, -0.05) is 53.0 Å². The quantitative estimate of drug-likeness (QED) is 0.552. The van der Waals surface area contributed by atoms with Gasteiger partial charge >= 0.3 is 5.97 Å². The number of rotatable bonds is 4. The second kappa shape index (κ2) is 8.61. The molecule has 0 saturated heterocycles. The van der Waals surface area contributed by atoms with Crippen molar-refractivity contribution >= 4 is 63.3 Å². The fourth-order valence-electron chi connectivity index (χ4n) is 3.57. The van der Waals surface area contributed by atoms with E-state index in [-0.39, 0.29) is 5.56 Å². The summed E-state index contributed by atoms with van der Waals surface area (Å²) in [6, 6.07) is 12.7. The van der Waals surface area contributed by atoms with Crippen LogP contribution < -0.4 is 10.9 Å². The van der Waals surface area contributed by atoms with E-state index in [1.165, 1.54) is 12.1 Å². The maximum atomic E-state index is 13.0. The molecule has 0 spiro atoms. The number of amides is 1. The van der Waals surface area contributed by atoms with Crippen molar-refractivity contribution in [2.75, 3.05) is 5.32 Å². The summed E-state index contributed by atoms with van der Waals surface area (Å²) in [5, 5.41) is 10.3. The molecule has 0 atom stereocenters. The zero-order valence-corrected chi connectivity index (χ0v) is 18.4. The number of nitrogens with one attached hydrogen (secondary N) is 1. The second-order valence-corrected chi connectivity index (χ2v) is 8.10. The van der Waals surface area contributed by atoms with Crippen molar-refractivity contribution in [3.8, 4) is 0 Å². The third kappa shape index (κ3) is 4.17. The first-order chi connectivity index (χ1) is 15.2. The Bertz CT molecular complexity index is 1410. The number of allylic oxidation sites excluding steroid dienone is 1. The number of anilines is 1. The Morgan fingerprint density at radius 3 is 2.66 bits per heavy atom. The molecule has 2 aromatic carbocycles. The van der Waals surface area contributed by atoms with Crippen LogP contribution in [-0.2, 0) is 16.1 Å². The Morgan fingerprint density at radius 1 is 1.16 bits per heavy atom. The van der Waals surface area contributed by atoms with E-state index < -0.39 is 21.9 Å². The van der Waals surface area contributed by atoms with E-state index in [2.05, 4.69) is 16.4 Å². The van der Waals surface area contributed by atoms with E-state index in [0.717, 1.165) is 16.7 Å².